The van der Waals surface area contributed by atoms with Crippen molar-refractivity contribution in [1.82, 2.24) is 19.5 Å². The van der Waals surface area contributed by atoms with Crippen LogP contribution in [-0.2, 0) is 0 Å². The molecule has 264 valence electrons. The lowest BCUT2D eigenvalue weighted by molar-refractivity contribution is 0.745. The Morgan fingerprint density at radius 3 is 1.71 bits per heavy atom. The molecule has 1 aliphatic carbocycles. The maximum atomic E-state index is 5.05. The van der Waals surface area contributed by atoms with Gasteiger partial charge in [0, 0.05) is 50.4 Å². The van der Waals surface area contributed by atoms with Gasteiger partial charge >= 0.3 is 0 Å². The van der Waals surface area contributed by atoms with Crippen LogP contribution in [0.1, 0.15) is 11.5 Å². The lowest BCUT2D eigenvalue weighted by atomic mass is 9.90. The molecule has 5 nitrogen and oxygen atoms in total. The van der Waals surface area contributed by atoms with Crippen molar-refractivity contribution in [3.8, 4) is 51.0 Å². The minimum Gasteiger partial charge on any atom is -0.333 e. The van der Waals surface area contributed by atoms with E-state index in [1.165, 1.54) is 44.2 Å². The molecule has 0 N–H and O–H groups in total. The average molecular weight is 718 g/mol. The number of benzene rings is 7. The first-order valence-corrected chi connectivity index (χ1v) is 19.1. The Labute approximate surface area is 325 Å². The van der Waals surface area contributed by atoms with E-state index in [0.717, 1.165) is 28.1 Å². The van der Waals surface area contributed by atoms with E-state index in [1.807, 2.05) is 60.7 Å². The van der Waals surface area contributed by atoms with Gasteiger partial charge in [-0.1, -0.05) is 152 Å². The average Bonchev–Trinajstić information content (AvgIpc) is 3.79. The molecule has 0 saturated carbocycles. The Bertz CT molecular complexity index is 2930. The molecule has 3 heterocycles. The molecule has 0 radical (unpaired) electrons. The molecule has 7 aromatic carbocycles. The summed E-state index contributed by atoms with van der Waals surface area (Å²) in [5.74, 6) is 2.19. The first-order chi connectivity index (χ1) is 27.8. The van der Waals surface area contributed by atoms with Crippen LogP contribution in [0.15, 0.2) is 200 Å². The lowest BCUT2D eigenvalue weighted by Gasteiger charge is -2.29. The van der Waals surface area contributed by atoms with Crippen LogP contribution >= 0.6 is 0 Å². The molecule has 0 spiro atoms. The zero-order chi connectivity index (χ0) is 37.0. The molecule has 2 atom stereocenters. The third-order valence-electron chi connectivity index (χ3n) is 11.2. The number of rotatable bonds is 6. The van der Waals surface area contributed by atoms with Crippen LogP contribution < -0.4 is 4.90 Å². The molecule has 11 rings (SSSR count). The van der Waals surface area contributed by atoms with Gasteiger partial charge in [0.15, 0.2) is 17.5 Å². The molecule has 2 unspecified atom stereocenters. The fraction of sp³-hybridized carbons (Fsp3) is 0.0392. The number of nitrogens with zero attached hydrogens (tertiary/aromatic N) is 5. The van der Waals surface area contributed by atoms with Crippen LogP contribution in [0.5, 0.6) is 0 Å². The van der Waals surface area contributed by atoms with Gasteiger partial charge in [-0.2, -0.15) is 0 Å². The number of hydrogen-bond acceptors (Lipinski definition) is 4. The van der Waals surface area contributed by atoms with Gasteiger partial charge in [-0.15, -0.1) is 0 Å². The zero-order valence-electron chi connectivity index (χ0n) is 30.4. The predicted molar refractivity (Wildman–Crippen MR) is 229 cm³/mol. The first-order valence-electron chi connectivity index (χ1n) is 19.1. The highest BCUT2D eigenvalue weighted by Gasteiger charge is 2.37. The highest BCUT2D eigenvalue weighted by atomic mass is 15.2. The molecule has 0 fully saturated rings. The number of aromatic nitrogens is 4. The van der Waals surface area contributed by atoms with Crippen molar-refractivity contribution in [2.45, 2.75) is 12.0 Å². The number of allylic oxidation sites excluding steroid dienone is 2. The van der Waals surface area contributed by atoms with Gasteiger partial charge in [-0.3, -0.25) is 0 Å². The Balaban J connectivity index is 1.03. The minimum atomic E-state index is 0.143. The summed E-state index contributed by atoms with van der Waals surface area (Å²) in [6.07, 6.45) is 9.01. The van der Waals surface area contributed by atoms with Crippen molar-refractivity contribution >= 4 is 33.2 Å². The van der Waals surface area contributed by atoms with Crippen molar-refractivity contribution in [2.24, 2.45) is 0 Å². The van der Waals surface area contributed by atoms with Crippen molar-refractivity contribution in [1.29, 1.82) is 0 Å². The molecule has 9 aromatic rings. The van der Waals surface area contributed by atoms with E-state index >= 15 is 0 Å². The lowest BCUT2D eigenvalue weighted by Crippen LogP contribution is -2.28. The van der Waals surface area contributed by atoms with Gasteiger partial charge in [0.05, 0.1) is 17.1 Å². The molecule has 2 aliphatic rings. The molecule has 2 aromatic heterocycles. The summed E-state index contributed by atoms with van der Waals surface area (Å²) < 4.78 is 2.37. The van der Waals surface area contributed by atoms with Crippen molar-refractivity contribution in [3.63, 3.8) is 0 Å². The summed E-state index contributed by atoms with van der Waals surface area (Å²) in [5, 5.41) is 2.49. The molecular weight excluding hydrogens is 683 g/mol. The van der Waals surface area contributed by atoms with Crippen LogP contribution in [0.2, 0.25) is 0 Å². The monoisotopic (exact) mass is 717 g/mol. The van der Waals surface area contributed by atoms with E-state index in [9.17, 15) is 0 Å². The Hall–Kier alpha value is -7.37. The summed E-state index contributed by atoms with van der Waals surface area (Å²) in [6.45, 7) is 0. The van der Waals surface area contributed by atoms with Crippen LogP contribution in [-0.4, -0.2) is 25.6 Å². The van der Waals surface area contributed by atoms with Gasteiger partial charge in [0.2, 0.25) is 0 Å². The third kappa shape index (κ3) is 5.36. The van der Waals surface area contributed by atoms with Crippen molar-refractivity contribution < 1.29 is 0 Å². The second-order valence-corrected chi connectivity index (χ2v) is 14.4. The van der Waals surface area contributed by atoms with E-state index in [-0.39, 0.29) is 12.0 Å². The largest absolute Gasteiger partial charge is 0.333 e. The van der Waals surface area contributed by atoms with Gasteiger partial charge in [-0.05, 0) is 65.2 Å². The van der Waals surface area contributed by atoms with Crippen molar-refractivity contribution in [2.75, 3.05) is 4.90 Å². The van der Waals surface area contributed by atoms with Gasteiger partial charge < -0.3 is 9.47 Å². The summed E-state index contributed by atoms with van der Waals surface area (Å²) in [6, 6.07) is 62.3. The maximum Gasteiger partial charge on any atom is 0.164 e. The zero-order valence-corrected chi connectivity index (χ0v) is 30.4. The van der Waals surface area contributed by atoms with E-state index in [0.29, 0.717) is 17.5 Å². The number of anilines is 2. The first kappa shape index (κ1) is 32.1. The smallest absolute Gasteiger partial charge is 0.164 e. The molecular formula is C51H35N5. The molecule has 56 heavy (non-hydrogen) atoms. The summed E-state index contributed by atoms with van der Waals surface area (Å²) in [4.78, 5) is 17.5. The summed E-state index contributed by atoms with van der Waals surface area (Å²) >= 11 is 0. The van der Waals surface area contributed by atoms with E-state index in [1.54, 1.807) is 0 Å². The number of para-hydroxylation sites is 2. The second-order valence-electron chi connectivity index (χ2n) is 14.4. The fourth-order valence-corrected chi connectivity index (χ4v) is 8.56. The molecule has 5 heteroatoms. The Morgan fingerprint density at radius 2 is 0.964 bits per heavy atom. The molecule has 0 amide bonds. The molecule has 1 aliphatic heterocycles. The second kappa shape index (κ2) is 13.2. The minimum absolute atomic E-state index is 0.143. The number of fused-ring (bicyclic) bond motifs is 6. The van der Waals surface area contributed by atoms with Crippen LogP contribution in [0.3, 0.4) is 0 Å². The standard InChI is InChI=1S/C51H35N5/c1-4-15-34(16-5-1)49-52-50(35-17-6-2-7-18-35)54-51(53-49)38-19-14-22-40(31-38)56-45-25-12-10-23-41(45)43-29-27-37(33-48(43)56)36-28-30-47-44(32-36)42-24-11-13-26-46(42)55(47)39-20-8-3-9-21-39/h1-33,41,45H. The van der Waals surface area contributed by atoms with Gasteiger partial charge in [0.1, 0.15) is 0 Å². The van der Waals surface area contributed by atoms with Crippen LogP contribution in [0.25, 0.3) is 72.8 Å². The SMILES string of the molecule is C1=CC2c3ccc(-c4ccc5c(c4)c4ccccc4n5-c4ccccc4)cc3N(c3cccc(-c4nc(-c5ccccc5)nc(-c5ccccc5)n4)c3)C2C=C1. The van der Waals surface area contributed by atoms with Crippen molar-refractivity contribution in [3.05, 3.63) is 206 Å². The van der Waals surface area contributed by atoms with E-state index < -0.39 is 0 Å². The normalized spacial score (nSPS) is 15.7. The summed E-state index contributed by atoms with van der Waals surface area (Å²) in [5.41, 5.74) is 12.4. The summed E-state index contributed by atoms with van der Waals surface area (Å²) in [7, 11) is 0. The molecule has 0 saturated heterocycles. The Morgan fingerprint density at radius 1 is 0.393 bits per heavy atom. The van der Waals surface area contributed by atoms with E-state index in [4.69, 9.17) is 15.0 Å². The fourth-order valence-electron chi connectivity index (χ4n) is 8.56. The van der Waals surface area contributed by atoms with Gasteiger partial charge in [0.25, 0.3) is 0 Å². The quantitative estimate of drug-likeness (QED) is 0.172. The van der Waals surface area contributed by atoms with E-state index in [2.05, 4.69) is 149 Å². The molecule has 0 bridgehead atoms. The number of hydrogen-bond donors (Lipinski definition) is 0. The van der Waals surface area contributed by atoms with Crippen LogP contribution in [0.4, 0.5) is 11.4 Å². The van der Waals surface area contributed by atoms with Crippen LogP contribution in [0, 0.1) is 0 Å². The topological polar surface area (TPSA) is 46.8 Å². The highest BCUT2D eigenvalue weighted by Crippen LogP contribution is 2.49. The van der Waals surface area contributed by atoms with Gasteiger partial charge in [-0.25, -0.2) is 15.0 Å². The predicted octanol–water partition coefficient (Wildman–Crippen LogP) is 12.4. The third-order valence-corrected chi connectivity index (χ3v) is 11.2. The Kier molecular flexibility index (Phi) is 7.56. The highest BCUT2D eigenvalue weighted by molar-refractivity contribution is 6.10. The maximum absolute atomic E-state index is 5.05.